The number of hydrogen-bond donors (Lipinski definition) is 0. The Hall–Kier alpha value is -2.52. The van der Waals surface area contributed by atoms with E-state index in [1.54, 1.807) is 20.8 Å². The number of piperazine rings is 1. The first kappa shape index (κ1) is 29.0. The molecule has 2 aliphatic heterocycles. The predicted octanol–water partition coefficient (Wildman–Crippen LogP) is 4.11. The van der Waals surface area contributed by atoms with Crippen molar-refractivity contribution in [3.8, 4) is 0 Å². The largest absolute Gasteiger partial charge is 0.444 e. The fourth-order valence-electron chi connectivity index (χ4n) is 4.84. The van der Waals surface area contributed by atoms with Crippen LogP contribution in [0.25, 0.3) is 0 Å². The smallest absolute Gasteiger partial charge is 0.410 e. The maximum Gasteiger partial charge on any atom is 0.410 e. The molecule has 3 amide bonds. The Balaban J connectivity index is 1.71. The van der Waals surface area contributed by atoms with Crippen molar-refractivity contribution in [2.75, 3.05) is 44.2 Å². The zero-order valence-electron chi connectivity index (χ0n) is 23.1. The number of anilines is 1. The number of hydroxylamine groups is 2. The van der Waals surface area contributed by atoms with Crippen molar-refractivity contribution < 1.29 is 24.0 Å². The molecule has 0 radical (unpaired) electrons. The lowest BCUT2D eigenvalue weighted by atomic mass is 10.0. The van der Waals surface area contributed by atoms with Gasteiger partial charge in [-0.3, -0.25) is 19.3 Å². The molecule has 2 saturated heterocycles. The summed E-state index contributed by atoms with van der Waals surface area (Å²) in [6.45, 7) is 16.0. The third-order valence-electron chi connectivity index (χ3n) is 6.42. The first-order valence-electron chi connectivity index (χ1n) is 12.9. The van der Waals surface area contributed by atoms with Gasteiger partial charge in [0, 0.05) is 43.4 Å². The van der Waals surface area contributed by atoms with Crippen LogP contribution in [0.1, 0.15) is 53.5 Å². The minimum Gasteiger partial charge on any atom is -0.444 e. The van der Waals surface area contributed by atoms with Crippen LogP contribution in [-0.2, 0) is 19.2 Å². The van der Waals surface area contributed by atoms with Gasteiger partial charge in [0.25, 0.3) is 0 Å². The highest BCUT2D eigenvalue weighted by atomic mass is 35.5. The van der Waals surface area contributed by atoms with Crippen LogP contribution in [0.4, 0.5) is 10.5 Å². The standard InChI is InChI=1S/C27H41ClN4O5/c1-19-21(28)9-8-10-22(19)29-11-13-30(14-12-29)24(34)23-15-20(16-31(18-33)37-27(5,6)7)17-32(23)25(35)36-26(2,3)4/h8-10,18,20,23H,11-17H2,1-7H3/t20?,23-/m1/s1. The van der Waals surface area contributed by atoms with Crippen LogP contribution in [0.5, 0.6) is 0 Å². The molecule has 0 bridgehead atoms. The van der Waals surface area contributed by atoms with Gasteiger partial charge in [0.05, 0.1) is 12.1 Å². The van der Waals surface area contributed by atoms with Crippen molar-refractivity contribution in [3.05, 3.63) is 28.8 Å². The number of benzene rings is 1. The summed E-state index contributed by atoms with van der Waals surface area (Å²) in [4.78, 5) is 49.7. The number of carbonyl (C=O) groups is 3. The highest BCUT2D eigenvalue weighted by molar-refractivity contribution is 6.31. The van der Waals surface area contributed by atoms with E-state index >= 15 is 0 Å². The first-order chi connectivity index (χ1) is 17.2. The maximum atomic E-state index is 13.7. The van der Waals surface area contributed by atoms with Crippen molar-refractivity contribution in [1.82, 2.24) is 14.9 Å². The molecule has 1 aromatic carbocycles. The number of amides is 3. The number of hydrogen-bond acceptors (Lipinski definition) is 6. The molecule has 1 aromatic rings. The van der Waals surface area contributed by atoms with Gasteiger partial charge in [0.1, 0.15) is 11.6 Å². The lowest BCUT2D eigenvalue weighted by Crippen LogP contribution is -2.55. The zero-order valence-corrected chi connectivity index (χ0v) is 23.9. The molecule has 1 unspecified atom stereocenters. The second-order valence-corrected chi connectivity index (χ2v) is 12.3. The molecular formula is C27H41ClN4O5. The average Bonchev–Trinajstić information content (AvgIpc) is 3.22. The van der Waals surface area contributed by atoms with Gasteiger partial charge in [0.2, 0.25) is 12.3 Å². The molecule has 0 aliphatic carbocycles. The molecule has 206 valence electrons. The summed E-state index contributed by atoms with van der Waals surface area (Å²) >= 11 is 6.31. The predicted molar refractivity (Wildman–Crippen MR) is 143 cm³/mol. The molecule has 0 N–H and O–H groups in total. The Morgan fingerprint density at radius 2 is 1.73 bits per heavy atom. The summed E-state index contributed by atoms with van der Waals surface area (Å²) in [5.74, 6) is -0.213. The second kappa shape index (κ2) is 11.5. The van der Waals surface area contributed by atoms with Crippen LogP contribution in [0.15, 0.2) is 18.2 Å². The summed E-state index contributed by atoms with van der Waals surface area (Å²) in [6, 6.07) is 5.21. The van der Waals surface area contributed by atoms with E-state index in [2.05, 4.69) is 4.90 Å². The van der Waals surface area contributed by atoms with Crippen LogP contribution in [0.2, 0.25) is 5.02 Å². The Morgan fingerprint density at radius 3 is 2.30 bits per heavy atom. The van der Waals surface area contributed by atoms with Gasteiger partial charge in [-0.1, -0.05) is 17.7 Å². The molecule has 0 aromatic heterocycles. The molecule has 2 fully saturated rings. The molecule has 0 saturated carbocycles. The lowest BCUT2D eigenvalue weighted by molar-refractivity contribution is -0.219. The second-order valence-electron chi connectivity index (χ2n) is 11.9. The number of nitrogens with zero attached hydrogens (tertiary/aromatic N) is 4. The fourth-order valence-corrected chi connectivity index (χ4v) is 5.01. The van der Waals surface area contributed by atoms with E-state index < -0.39 is 23.3 Å². The maximum absolute atomic E-state index is 13.7. The van der Waals surface area contributed by atoms with Crippen LogP contribution in [0.3, 0.4) is 0 Å². The molecule has 9 nitrogen and oxygen atoms in total. The molecule has 10 heteroatoms. The number of halogens is 1. The molecule has 37 heavy (non-hydrogen) atoms. The molecule has 2 aliphatic rings. The zero-order chi connectivity index (χ0) is 27.5. The van der Waals surface area contributed by atoms with Crippen LogP contribution < -0.4 is 4.90 Å². The number of likely N-dealkylation sites (tertiary alicyclic amines) is 1. The summed E-state index contributed by atoms with van der Waals surface area (Å²) in [7, 11) is 0. The SMILES string of the molecule is Cc1c(Cl)cccc1N1CCN(C(=O)[C@H]2CC(CN(C=O)OC(C)(C)C)CN2C(=O)OC(C)(C)C)CC1. The summed E-state index contributed by atoms with van der Waals surface area (Å²) in [5, 5.41) is 1.98. The highest BCUT2D eigenvalue weighted by Crippen LogP contribution is 2.30. The van der Waals surface area contributed by atoms with Crippen molar-refractivity contribution in [3.63, 3.8) is 0 Å². The fraction of sp³-hybridized carbons (Fsp3) is 0.667. The molecule has 2 heterocycles. The first-order valence-corrected chi connectivity index (χ1v) is 13.3. The van der Waals surface area contributed by atoms with Gasteiger partial charge in [-0.25, -0.2) is 9.86 Å². The van der Waals surface area contributed by atoms with Crippen molar-refractivity contribution >= 4 is 35.7 Å². The van der Waals surface area contributed by atoms with Crippen LogP contribution in [0, 0.1) is 12.8 Å². The van der Waals surface area contributed by atoms with Crippen LogP contribution in [-0.4, -0.2) is 89.8 Å². The summed E-state index contributed by atoms with van der Waals surface area (Å²) in [5.41, 5.74) is 0.869. The monoisotopic (exact) mass is 536 g/mol. The topological polar surface area (TPSA) is 82.6 Å². The summed E-state index contributed by atoms with van der Waals surface area (Å²) < 4.78 is 5.63. The number of carbonyl (C=O) groups excluding carboxylic acids is 3. The van der Waals surface area contributed by atoms with E-state index in [0.717, 1.165) is 16.3 Å². The van der Waals surface area contributed by atoms with Gasteiger partial charge in [-0.05, 0) is 78.5 Å². The van der Waals surface area contributed by atoms with E-state index in [1.807, 2.05) is 50.8 Å². The van der Waals surface area contributed by atoms with E-state index in [1.165, 1.54) is 9.96 Å². The summed E-state index contributed by atoms with van der Waals surface area (Å²) in [6.07, 6.45) is 0.564. The van der Waals surface area contributed by atoms with Gasteiger partial charge in [-0.2, -0.15) is 0 Å². The van der Waals surface area contributed by atoms with Gasteiger partial charge < -0.3 is 14.5 Å². The number of rotatable bonds is 6. The van der Waals surface area contributed by atoms with E-state index in [4.69, 9.17) is 21.2 Å². The molecule has 0 spiro atoms. The minimum atomic E-state index is -0.687. The Morgan fingerprint density at radius 1 is 1.08 bits per heavy atom. The number of ether oxygens (including phenoxy) is 1. The van der Waals surface area contributed by atoms with Gasteiger partial charge in [-0.15, -0.1) is 0 Å². The van der Waals surface area contributed by atoms with E-state index in [0.29, 0.717) is 45.6 Å². The molecular weight excluding hydrogens is 496 g/mol. The van der Waals surface area contributed by atoms with E-state index in [-0.39, 0.29) is 18.4 Å². The Kier molecular flexibility index (Phi) is 9.01. The van der Waals surface area contributed by atoms with Crippen LogP contribution >= 0.6 is 11.6 Å². The third-order valence-corrected chi connectivity index (χ3v) is 6.83. The van der Waals surface area contributed by atoms with E-state index in [9.17, 15) is 14.4 Å². The molecule has 3 rings (SSSR count). The van der Waals surface area contributed by atoms with Gasteiger partial charge >= 0.3 is 6.09 Å². The van der Waals surface area contributed by atoms with Crippen molar-refractivity contribution in [2.45, 2.75) is 72.1 Å². The Bertz CT molecular complexity index is 982. The van der Waals surface area contributed by atoms with Crippen molar-refractivity contribution in [1.29, 1.82) is 0 Å². The third kappa shape index (κ3) is 7.74. The quantitative estimate of drug-likeness (QED) is 0.402. The minimum absolute atomic E-state index is 0.0924. The molecule has 2 atom stereocenters. The van der Waals surface area contributed by atoms with Crippen molar-refractivity contribution in [2.24, 2.45) is 5.92 Å². The normalized spacial score (nSPS) is 20.7. The lowest BCUT2D eigenvalue weighted by Gasteiger charge is -2.39. The van der Waals surface area contributed by atoms with Gasteiger partial charge in [0.15, 0.2) is 0 Å². The Labute approximate surface area is 225 Å². The highest BCUT2D eigenvalue weighted by Gasteiger charge is 2.44. The average molecular weight is 537 g/mol.